The molecule has 13 heavy (non-hydrogen) atoms. The number of alkyl halides is 5. The lowest BCUT2D eigenvalue weighted by Crippen LogP contribution is -2.33. The molecule has 1 aromatic rings. The molecule has 0 N–H and O–H groups in total. The van der Waals surface area contributed by atoms with Crippen LogP contribution in [0.15, 0.2) is 18.3 Å². The van der Waals surface area contributed by atoms with Crippen LogP contribution in [0.3, 0.4) is 0 Å². The van der Waals surface area contributed by atoms with Crippen molar-refractivity contribution in [1.29, 1.82) is 0 Å². The molecule has 0 aliphatic heterocycles. The summed E-state index contributed by atoms with van der Waals surface area (Å²) >= 11 is 0. The largest absolute Gasteiger partial charge is 0.458 e. The third-order valence-corrected chi connectivity index (χ3v) is 1.34. The van der Waals surface area contributed by atoms with Crippen molar-refractivity contribution in [3.05, 3.63) is 30.1 Å². The minimum Gasteiger partial charge on any atom is -0.255 e. The SMILES string of the molecule is FC(F)(F)C(F)(F)c1c[c]ncc1. The van der Waals surface area contributed by atoms with Crippen molar-refractivity contribution < 1.29 is 22.0 Å². The van der Waals surface area contributed by atoms with Crippen LogP contribution < -0.4 is 0 Å². The summed E-state index contributed by atoms with van der Waals surface area (Å²) in [7, 11) is 0. The van der Waals surface area contributed by atoms with Crippen molar-refractivity contribution in [2.75, 3.05) is 0 Å². The summed E-state index contributed by atoms with van der Waals surface area (Å²) in [5.41, 5.74) is -1.16. The first-order valence-corrected chi connectivity index (χ1v) is 3.13. The zero-order valence-electron chi connectivity index (χ0n) is 6.07. The number of hydrogen-bond donors (Lipinski definition) is 0. The first kappa shape index (κ1) is 9.88. The Labute approximate surface area is 70.2 Å². The Kier molecular flexibility index (Phi) is 2.23. The molecule has 1 nitrogen and oxygen atoms in total. The number of hydrogen-bond acceptors (Lipinski definition) is 1. The Morgan fingerprint density at radius 1 is 1.15 bits per heavy atom. The van der Waals surface area contributed by atoms with E-state index in [1.807, 2.05) is 6.20 Å². The van der Waals surface area contributed by atoms with Crippen LogP contribution in [0.1, 0.15) is 5.56 Å². The minimum absolute atomic E-state index is 0.507. The van der Waals surface area contributed by atoms with Crippen LogP contribution in [0, 0.1) is 6.20 Å². The molecule has 0 saturated carbocycles. The van der Waals surface area contributed by atoms with Gasteiger partial charge in [0.25, 0.3) is 0 Å². The highest BCUT2D eigenvalue weighted by Gasteiger charge is 2.58. The van der Waals surface area contributed by atoms with Crippen LogP contribution in [-0.4, -0.2) is 11.2 Å². The first-order chi connectivity index (χ1) is 5.86. The third-order valence-electron chi connectivity index (χ3n) is 1.34. The summed E-state index contributed by atoms with van der Waals surface area (Å²) in [4.78, 5) is 3.22. The second-order valence-electron chi connectivity index (χ2n) is 2.25. The monoisotopic (exact) mass is 196 g/mol. The Morgan fingerprint density at radius 3 is 2.15 bits per heavy atom. The summed E-state index contributed by atoms with van der Waals surface area (Å²) < 4.78 is 60.2. The van der Waals surface area contributed by atoms with Gasteiger partial charge in [-0.1, -0.05) is 0 Å². The number of nitrogens with zero attached hydrogens (tertiary/aromatic N) is 1. The van der Waals surface area contributed by atoms with Crippen LogP contribution in [0.2, 0.25) is 0 Å². The van der Waals surface area contributed by atoms with E-state index >= 15 is 0 Å². The van der Waals surface area contributed by atoms with Crippen LogP contribution in [0.4, 0.5) is 22.0 Å². The van der Waals surface area contributed by atoms with E-state index in [-0.39, 0.29) is 0 Å². The van der Waals surface area contributed by atoms with Gasteiger partial charge in [0.15, 0.2) is 0 Å². The summed E-state index contributed by atoms with van der Waals surface area (Å²) in [6, 6.07) is 1.11. The van der Waals surface area contributed by atoms with Gasteiger partial charge in [-0.2, -0.15) is 22.0 Å². The van der Waals surface area contributed by atoms with Gasteiger partial charge in [-0.3, -0.25) is 4.98 Å². The summed E-state index contributed by atoms with van der Waals surface area (Å²) in [6.45, 7) is 0. The van der Waals surface area contributed by atoms with Gasteiger partial charge >= 0.3 is 12.1 Å². The van der Waals surface area contributed by atoms with E-state index in [2.05, 4.69) is 4.98 Å². The summed E-state index contributed by atoms with van der Waals surface area (Å²) in [5, 5.41) is 0. The highest BCUT2D eigenvalue weighted by atomic mass is 19.4. The average molecular weight is 196 g/mol. The maximum absolute atomic E-state index is 12.5. The molecule has 0 aliphatic carbocycles. The van der Waals surface area contributed by atoms with E-state index in [1.165, 1.54) is 0 Å². The maximum Gasteiger partial charge on any atom is 0.458 e. The Bertz CT molecular complexity index is 279. The highest BCUT2D eigenvalue weighted by molar-refractivity contribution is 5.17. The topological polar surface area (TPSA) is 12.9 Å². The maximum atomic E-state index is 12.5. The van der Waals surface area contributed by atoms with Gasteiger partial charge in [0.1, 0.15) is 0 Å². The molecule has 0 bridgehead atoms. The van der Waals surface area contributed by atoms with E-state index in [9.17, 15) is 22.0 Å². The van der Waals surface area contributed by atoms with Crippen LogP contribution in [0.25, 0.3) is 0 Å². The number of rotatable bonds is 1. The molecule has 6 heteroatoms. The fraction of sp³-hybridized carbons (Fsp3) is 0.286. The normalized spacial score (nSPS) is 13.0. The van der Waals surface area contributed by atoms with Crippen molar-refractivity contribution in [2.24, 2.45) is 0 Å². The van der Waals surface area contributed by atoms with Gasteiger partial charge < -0.3 is 0 Å². The standard InChI is InChI=1S/C7H3F5N/c8-6(9,7(10,11)12)5-1-3-13-4-2-5/h1-3H. The number of aromatic nitrogens is 1. The van der Waals surface area contributed by atoms with Crippen LogP contribution >= 0.6 is 0 Å². The van der Waals surface area contributed by atoms with E-state index in [0.29, 0.717) is 12.1 Å². The Morgan fingerprint density at radius 2 is 1.77 bits per heavy atom. The van der Waals surface area contributed by atoms with Gasteiger partial charge in [0, 0.05) is 11.8 Å². The van der Waals surface area contributed by atoms with Crippen molar-refractivity contribution in [3.8, 4) is 0 Å². The average Bonchev–Trinajstić information content (AvgIpc) is 2.04. The molecule has 0 atom stereocenters. The molecule has 0 unspecified atom stereocenters. The van der Waals surface area contributed by atoms with E-state index in [4.69, 9.17) is 0 Å². The van der Waals surface area contributed by atoms with E-state index in [1.54, 1.807) is 0 Å². The molecule has 1 aromatic heterocycles. The van der Waals surface area contributed by atoms with Crippen LogP contribution in [0.5, 0.6) is 0 Å². The smallest absolute Gasteiger partial charge is 0.255 e. The molecule has 1 radical (unpaired) electrons. The molecule has 1 heterocycles. The van der Waals surface area contributed by atoms with Gasteiger partial charge in [0.05, 0.1) is 6.20 Å². The summed E-state index contributed by atoms with van der Waals surface area (Å²) in [5.74, 6) is -4.84. The molecule has 0 aliphatic rings. The summed E-state index contributed by atoms with van der Waals surface area (Å²) in [6.07, 6.45) is -2.84. The Balaban J connectivity index is 3.08. The molecule has 0 fully saturated rings. The Hall–Kier alpha value is -1.20. The molecule has 0 aromatic carbocycles. The molecule has 0 amide bonds. The van der Waals surface area contributed by atoms with Crippen molar-refractivity contribution >= 4 is 0 Å². The number of halogens is 5. The molecule has 0 spiro atoms. The lowest BCUT2D eigenvalue weighted by molar-refractivity contribution is -0.289. The van der Waals surface area contributed by atoms with Crippen molar-refractivity contribution in [1.82, 2.24) is 4.98 Å². The molecule has 0 saturated heterocycles. The fourth-order valence-corrected chi connectivity index (χ4v) is 0.674. The van der Waals surface area contributed by atoms with Crippen LogP contribution in [-0.2, 0) is 5.92 Å². The van der Waals surface area contributed by atoms with Gasteiger partial charge in [0.2, 0.25) is 0 Å². The first-order valence-electron chi connectivity index (χ1n) is 3.13. The van der Waals surface area contributed by atoms with Gasteiger partial charge in [-0.15, -0.1) is 0 Å². The quantitative estimate of drug-likeness (QED) is 0.629. The van der Waals surface area contributed by atoms with Crippen molar-refractivity contribution in [2.45, 2.75) is 12.1 Å². The molecule has 1 rings (SSSR count). The second kappa shape index (κ2) is 2.93. The minimum atomic E-state index is -5.58. The van der Waals surface area contributed by atoms with Gasteiger partial charge in [-0.25, -0.2) is 0 Å². The van der Waals surface area contributed by atoms with Gasteiger partial charge in [-0.05, 0) is 12.1 Å². The molecule has 71 valence electrons. The fourth-order valence-electron chi connectivity index (χ4n) is 0.674. The predicted molar refractivity (Wildman–Crippen MR) is 33.0 cm³/mol. The highest BCUT2D eigenvalue weighted by Crippen LogP contribution is 2.43. The third kappa shape index (κ3) is 1.76. The van der Waals surface area contributed by atoms with E-state index < -0.39 is 17.7 Å². The molecular weight excluding hydrogens is 193 g/mol. The lowest BCUT2D eigenvalue weighted by atomic mass is 10.1. The van der Waals surface area contributed by atoms with Crippen molar-refractivity contribution in [3.63, 3.8) is 0 Å². The lowest BCUT2D eigenvalue weighted by Gasteiger charge is -2.19. The number of pyridine rings is 1. The molecular formula is C7H3F5N. The predicted octanol–water partition coefficient (Wildman–Crippen LogP) is 2.54. The van der Waals surface area contributed by atoms with E-state index in [0.717, 1.165) is 6.20 Å². The zero-order valence-corrected chi connectivity index (χ0v) is 6.07. The second-order valence-corrected chi connectivity index (χ2v) is 2.25. The zero-order chi connectivity index (χ0) is 10.1.